The second kappa shape index (κ2) is 7.17. The van der Waals surface area contributed by atoms with E-state index in [1.807, 2.05) is 0 Å². The molecule has 0 radical (unpaired) electrons. The molecule has 0 bridgehead atoms. The lowest BCUT2D eigenvalue weighted by molar-refractivity contribution is -0.0551. The zero-order valence-electron chi connectivity index (χ0n) is 16.5. The molecule has 0 amide bonds. The molecule has 0 saturated carbocycles. The Balaban J connectivity index is 1.42. The van der Waals surface area contributed by atoms with Crippen molar-refractivity contribution in [2.45, 2.75) is 51.2 Å². The Kier molecular flexibility index (Phi) is 4.52. The SMILES string of the molecule is CCCCc1cccc2c(N3CCC4(CC3)OCc3ccccc34)ncnc12. The van der Waals surface area contributed by atoms with Crippen molar-refractivity contribution in [1.82, 2.24) is 9.97 Å². The fourth-order valence-electron chi connectivity index (χ4n) is 4.83. The number of ether oxygens (including phenoxy) is 1. The van der Waals surface area contributed by atoms with Crippen LogP contribution in [0.15, 0.2) is 48.8 Å². The lowest BCUT2D eigenvalue weighted by atomic mass is 9.84. The number of anilines is 1. The predicted molar refractivity (Wildman–Crippen MR) is 113 cm³/mol. The first kappa shape index (κ1) is 17.6. The molecule has 5 rings (SSSR count). The van der Waals surface area contributed by atoms with Crippen LogP contribution in [-0.2, 0) is 23.4 Å². The van der Waals surface area contributed by atoms with Crippen LogP contribution in [0.5, 0.6) is 0 Å². The van der Waals surface area contributed by atoms with Crippen LogP contribution in [0.2, 0.25) is 0 Å². The average Bonchev–Trinajstić information content (AvgIpc) is 3.11. The van der Waals surface area contributed by atoms with E-state index >= 15 is 0 Å². The summed E-state index contributed by atoms with van der Waals surface area (Å²) in [4.78, 5) is 11.7. The molecule has 2 aliphatic heterocycles. The maximum atomic E-state index is 6.33. The van der Waals surface area contributed by atoms with Gasteiger partial charge in [-0.15, -0.1) is 0 Å². The van der Waals surface area contributed by atoms with Gasteiger partial charge >= 0.3 is 0 Å². The Bertz CT molecular complexity index is 992. The number of para-hydroxylation sites is 1. The van der Waals surface area contributed by atoms with Crippen molar-refractivity contribution in [3.8, 4) is 0 Å². The highest BCUT2D eigenvalue weighted by atomic mass is 16.5. The number of rotatable bonds is 4. The van der Waals surface area contributed by atoms with Crippen molar-refractivity contribution < 1.29 is 4.74 Å². The van der Waals surface area contributed by atoms with Crippen LogP contribution in [0.4, 0.5) is 5.82 Å². The van der Waals surface area contributed by atoms with E-state index in [0.29, 0.717) is 0 Å². The van der Waals surface area contributed by atoms with Crippen molar-refractivity contribution in [3.05, 3.63) is 65.5 Å². The smallest absolute Gasteiger partial charge is 0.139 e. The van der Waals surface area contributed by atoms with Crippen LogP contribution >= 0.6 is 0 Å². The quantitative estimate of drug-likeness (QED) is 0.645. The summed E-state index contributed by atoms with van der Waals surface area (Å²) in [7, 11) is 0. The van der Waals surface area contributed by atoms with Gasteiger partial charge in [0, 0.05) is 18.5 Å². The molecule has 3 heterocycles. The zero-order valence-corrected chi connectivity index (χ0v) is 16.5. The molecule has 3 aromatic rings. The minimum atomic E-state index is -0.109. The van der Waals surface area contributed by atoms with E-state index in [1.54, 1.807) is 6.33 Å². The molecule has 1 spiro atoms. The fraction of sp³-hybridized carbons (Fsp3) is 0.417. The highest BCUT2D eigenvalue weighted by molar-refractivity contribution is 5.91. The molecule has 2 aromatic carbocycles. The van der Waals surface area contributed by atoms with Crippen LogP contribution in [-0.4, -0.2) is 23.1 Å². The minimum Gasteiger partial charge on any atom is -0.365 e. The van der Waals surface area contributed by atoms with E-state index in [-0.39, 0.29) is 5.60 Å². The molecule has 2 aliphatic rings. The number of fused-ring (bicyclic) bond motifs is 3. The molecule has 0 aliphatic carbocycles. The summed E-state index contributed by atoms with van der Waals surface area (Å²) in [6.07, 6.45) is 7.22. The molecule has 1 saturated heterocycles. The number of piperidine rings is 1. The molecular formula is C24H27N3O. The standard InChI is InChI=1S/C24H27N3O/c1-2-3-7-18-9-6-10-20-22(18)25-17-26-23(20)27-14-12-24(13-15-27)21-11-5-4-8-19(21)16-28-24/h4-6,8-11,17H,2-3,7,12-16H2,1H3. The highest BCUT2D eigenvalue weighted by Crippen LogP contribution is 2.44. The highest BCUT2D eigenvalue weighted by Gasteiger charge is 2.42. The van der Waals surface area contributed by atoms with Gasteiger partial charge in [0.1, 0.15) is 12.1 Å². The molecule has 4 heteroatoms. The number of nitrogens with zero attached hydrogens (tertiary/aromatic N) is 3. The van der Waals surface area contributed by atoms with Gasteiger partial charge in [-0.1, -0.05) is 49.7 Å². The van der Waals surface area contributed by atoms with Crippen molar-refractivity contribution >= 4 is 16.7 Å². The number of aromatic nitrogens is 2. The van der Waals surface area contributed by atoms with Crippen molar-refractivity contribution in [3.63, 3.8) is 0 Å². The summed E-state index contributed by atoms with van der Waals surface area (Å²) in [5.41, 5.74) is 5.09. The largest absolute Gasteiger partial charge is 0.365 e. The van der Waals surface area contributed by atoms with Crippen molar-refractivity contribution in [2.24, 2.45) is 0 Å². The molecule has 1 fully saturated rings. The van der Waals surface area contributed by atoms with Gasteiger partial charge < -0.3 is 9.64 Å². The van der Waals surface area contributed by atoms with E-state index in [1.165, 1.54) is 34.9 Å². The van der Waals surface area contributed by atoms with Crippen LogP contribution in [0.3, 0.4) is 0 Å². The summed E-state index contributed by atoms with van der Waals surface area (Å²) in [5.74, 6) is 1.07. The number of unbranched alkanes of at least 4 members (excludes halogenated alkanes) is 1. The molecular weight excluding hydrogens is 346 g/mol. The Morgan fingerprint density at radius 2 is 1.89 bits per heavy atom. The number of aryl methyl sites for hydroxylation is 1. The van der Waals surface area contributed by atoms with Crippen LogP contribution in [0, 0.1) is 0 Å². The number of hydrogen-bond donors (Lipinski definition) is 0. The van der Waals surface area contributed by atoms with Gasteiger partial charge in [-0.05, 0) is 48.4 Å². The summed E-state index contributed by atoms with van der Waals surface area (Å²) < 4.78 is 6.33. The first-order chi connectivity index (χ1) is 13.8. The van der Waals surface area contributed by atoms with Crippen molar-refractivity contribution in [2.75, 3.05) is 18.0 Å². The van der Waals surface area contributed by atoms with Gasteiger partial charge in [0.25, 0.3) is 0 Å². The van der Waals surface area contributed by atoms with Gasteiger partial charge in [0.15, 0.2) is 0 Å². The molecule has 28 heavy (non-hydrogen) atoms. The van der Waals surface area contributed by atoms with E-state index in [9.17, 15) is 0 Å². The lowest BCUT2D eigenvalue weighted by Gasteiger charge is -2.40. The normalized spacial score (nSPS) is 18.0. The molecule has 0 unspecified atom stereocenters. The van der Waals surface area contributed by atoms with Gasteiger partial charge in [-0.3, -0.25) is 0 Å². The van der Waals surface area contributed by atoms with Crippen LogP contribution < -0.4 is 4.90 Å². The van der Waals surface area contributed by atoms with E-state index in [2.05, 4.69) is 64.3 Å². The first-order valence-corrected chi connectivity index (χ1v) is 10.5. The Morgan fingerprint density at radius 3 is 2.75 bits per heavy atom. The average molecular weight is 374 g/mol. The second-order valence-electron chi connectivity index (χ2n) is 8.04. The molecule has 144 valence electrons. The number of benzene rings is 2. The van der Waals surface area contributed by atoms with Crippen molar-refractivity contribution in [1.29, 1.82) is 0 Å². The Hall–Kier alpha value is -2.46. The summed E-state index contributed by atoms with van der Waals surface area (Å²) in [6, 6.07) is 15.2. The topological polar surface area (TPSA) is 38.2 Å². The third kappa shape index (κ3) is 2.87. The molecule has 4 nitrogen and oxygen atoms in total. The minimum absolute atomic E-state index is 0.109. The summed E-state index contributed by atoms with van der Waals surface area (Å²) >= 11 is 0. The van der Waals surface area contributed by atoms with Gasteiger partial charge in [-0.2, -0.15) is 0 Å². The van der Waals surface area contributed by atoms with Crippen LogP contribution in [0.25, 0.3) is 10.9 Å². The maximum Gasteiger partial charge on any atom is 0.139 e. The zero-order chi connectivity index (χ0) is 19.0. The van der Waals surface area contributed by atoms with E-state index in [0.717, 1.165) is 50.3 Å². The third-order valence-electron chi connectivity index (χ3n) is 6.41. The monoisotopic (exact) mass is 373 g/mol. The maximum absolute atomic E-state index is 6.33. The molecule has 0 N–H and O–H groups in total. The summed E-state index contributed by atoms with van der Waals surface area (Å²) in [6.45, 7) is 4.89. The first-order valence-electron chi connectivity index (χ1n) is 10.5. The van der Waals surface area contributed by atoms with Gasteiger partial charge in [0.2, 0.25) is 0 Å². The predicted octanol–water partition coefficient (Wildman–Crippen LogP) is 5.00. The van der Waals surface area contributed by atoms with Crippen LogP contribution in [0.1, 0.15) is 49.3 Å². The summed E-state index contributed by atoms with van der Waals surface area (Å²) in [5, 5.41) is 1.18. The van der Waals surface area contributed by atoms with Gasteiger partial charge in [0.05, 0.1) is 17.7 Å². The van der Waals surface area contributed by atoms with E-state index < -0.39 is 0 Å². The van der Waals surface area contributed by atoms with E-state index in [4.69, 9.17) is 4.74 Å². The Labute approximate surface area is 166 Å². The second-order valence-corrected chi connectivity index (χ2v) is 8.04. The number of hydrogen-bond acceptors (Lipinski definition) is 4. The Morgan fingerprint density at radius 1 is 1.04 bits per heavy atom. The third-order valence-corrected chi connectivity index (χ3v) is 6.41. The molecule has 0 atom stereocenters. The molecule has 1 aromatic heterocycles. The lowest BCUT2D eigenvalue weighted by Crippen LogP contribution is -2.43. The fourth-order valence-corrected chi connectivity index (χ4v) is 4.83. The van der Waals surface area contributed by atoms with Gasteiger partial charge in [-0.25, -0.2) is 9.97 Å².